The first-order chi connectivity index (χ1) is 11.7. The van der Waals surface area contributed by atoms with Crippen LogP contribution in [0.15, 0.2) is 29.5 Å². The molecule has 1 aromatic heterocycles. The first-order valence-electron chi connectivity index (χ1n) is 7.95. The van der Waals surface area contributed by atoms with E-state index in [1.807, 2.05) is 19.0 Å². The number of hydrogen-bond acceptors (Lipinski definition) is 3. The molecule has 1 aromatic carbocycles. The number of benzene rings is 1. The zero-order valence-corrected chi connectivity index (χ0v) is 18.7. The standard InChI is InChI=1S/C17H24ClFN6.HI/c1-17(2,13-7-6-12(19)8-14(13)18)10-21-16(20-3)24(4)9-15-22-11-23-25(15)5;/h6-8,11H,9-10H2,1-5H3,(H,20,21);1H. The van der Waals surface area contributed by atoms with E-state index in [4.69, 9.17) is 11.6 Å². The van der Waals surface area contributed by atoms with Crippen molar-refractivity contribution >= 4 is 41.5 Å². The Morgan fingerprint density at radius 3 is 2.65 bits per heavy atom. The summed E-state index contributed by atoms with van der Waals surface area (Å²) in [5, 5.41) is 7.84. The fraction of sp³-hybridized carbons (Fsp3) is 0.471. The summed E-state index contributed by atoms with van der Waals surface area (Å²) >= 11 is 6.21. The number of hydrogen-bond donors (Lipinski definition) is 1. The molecule has 2 rings (SSSR count). The fourth-order valence-electron chi connectivity index (χ4n) is 2.57. The van der Waals surface area contributed by atoms with E-state index in [9.17, 15) is 4.39 Å². The number of aliphatic imine (C=N–C) groups is 1. The van der Waals surface area contributed by atoms with E-state index < -0.39 is 0 Å². The van der Waals surface area contributed by atoms with Gasteiger partial charge >= 0.3 is 0 Å². The normalized spacial score (nSPS) is 11.9. The molecule has 0 atom stereocenters. The van der Waals surface area contributed by atoms with Crippen LogP contribution in [-0.4, -0.2) is 46.3 Å². The second-order valence-corrected chi connectivity index (χ2v) is 6.97. The van der Waals surface area contributed by atoms with E-state index in [0.717, 1.165) is 17.3 Å². The van der Waals surface area contributed by atoms with Crippen molar-refractivity contribution in [3.8, 4) is 0 Å². The molecule has 0 amide bonds. The van der Waals surface area contributed by atoms with Crippen molar-refractivity contribution in [3.63, 3.8) is 0 Å². The number of nitrogens with one attached hydrogen (secondary N) is 1. The van der Waals surface area contributed by atoms with Crippen molar-refractivity contribution < 1.29 is 4.39 Å². The SMILES string of the molecule is CN=C(NCC(C)(C)c1ccc(F)cc1Cl)N(C)Cc1ncnn1C.I. The summed E-state index contributed by atoms with van der Waals surface area (Å²) in [5.74, 6) is 1.23. The van der Waals surface area contributed by atoms with Gasteiger partial charge in [0.15, 0.2) is 5.96 Å². The minimum Gasteiger partial charge on any atom is -0.355 e. The number of rotatable bonds is 5. The first kappa shape index (κ1) is 22.6. The molecule has 0 saturated heterocycles. The van der Waals surface area contributed by atoms with Gasteiger partial charge in [0, 0.05) is 38.1 Å². The highest BCUT2D eigenvalue weighted by Crippen LogP contribution is 2.29. The van der Waals surface area contributed by atoms with Gasteiger partial charge in [0.05, 0.1) is 6.54 Å². The van der Waals surface area contributed by atoms with Gasteiger partial charge < -0.3 is 10.2 Å². The van der Waals surface area contributed by atoms with Crippen molar-refractivity contribution in [3.05, 3.63) is 46.8 Å². The van der Waals surface area contributed by atoms with Gasteiger partial charge in [-0.15, -0.1) is 24.0 Å². The summed E-state index contributed by atoms with van der Waals surface area (Å²) in [4.78, 5) is 10.5. The van der Waals surface area contributed by atoms with Crippen LogP contribution < -0.4 is 5.32 Å². The predicted molar refractivity (Wildman–Crippen MR) is 114 cm³/mol. The fourth-order valence-corrected chi connectivity index (χ4v) is 2.99. The van der Waals surface area contributed by atoms with Crippen LogP contribution in [-0.2, 0) is 19.0 Å². The molecule has 0 saturated carbocycles. The van der Waals surface area contributed by atoms with Crippen LogP contribution in [0.1, 0.15) is 25.2 Å². The Bertz CT molecular complexity index is 761. The summed E-state index contributed by atoms with van der Waals surface area (Å²) in [6.45, 7) is 5.27. The molecule has 0 radical (unpaired) electrons. The smallest absolute Gasteiger partial charge is 0.193 e. The van der Waals surface area contributed by atoms with Crippen molar-refractivity contribution in [1.82, 2.24) is 25.0 Å². The molecule has 1 N–H and O–H groups in total. The van der Waals surface area contributed by atoms with Gasteiger partial charge in [-0.1, -0.05) is 31.5 Å². The topological polar surface area (TPSA) is 58.3 Å². The molecule has 2 aromatic rings. The lowest BCUT2D eigenvalue weighted by atomic mass is 9.84. The van der Waals surface area contributed by atoms with Gasteiger partial charge in [0.2, 0.25) is 0 Å². The number of aromatic nitrogens is 3. The maximum absolute atomic E-state index is 13.3. The maximum atomic E-state index is 13.3. The minimum absolute atomic E-state index is 0. The average molecular weight is 495 g/mol. The highest BCUT2D eigenvalue weighted by atomic mass is 127. The van der Waals surface area contributed by atoms with E-state index in [2.05, 4.69) is 34.2 Å². The number of guanidine groups is 1. The van der Waals surface area contributed by atoms with Crippen LogP contribution in [0.5, 0.6) is 0 Å². The van der Waals surface area contributed by atoms with Gasteiger partial charge in [-0.25, -0.2) is 9.37 Å². The number of nitrogens with zero attached hydrogens (tertiary/aromatic N) is 5. The van der Waals surface area contributed by atoms with Crippen molar-refractivity contribution in [1.29, 1.82) is 0 Å². The summed E-state index contributed by atoms with van der Waals surface area (Å²) < 4.78 is 15.0. The Morgan fingerprint density at radius 1 is 1.42 bits per heavy atom. The van der Waals surface area contributed by atoms with Crippen molar-refractivity contribution in [2.24, 2.45) is 12.0 Å². The van der Waals surface area contributed by atoms with E-state index in [-0.39, 0.29) is 35.2 Å². The maximum Gasteiger partial charge on any atom is 0.193 e. The van der Waals surface area contributed by atoms with Crippen LogP contribution in [0.4, 0.5) is 4.39 Å². The Balaban J connectivity index is 0.00000338. The lowest BCUT2D eigenvalue weighted by molar-refractivity contribution is 0.431. The summed E-state index contributed by atoms with van der Waals surface area (Å²) in [6, 6.07) is 4.50. The second kappa shape index (κ2) is 9.50. The zero-order chi connectivity index (χ0) is 18.6. The van der Waals surface area contributed by atoms with Gasteiger partial charge in [-0.3, -0.25) is 9.67 Å². The molecule has 0 bridgehead atoms. The molecule has 0 unspecified atom stereocenters. The Kier molecular flexibility index (Phi) is 8.26. The van der Waals surface area contributed by atoms with Gasteiger partial charge in [-0.2, -0.15) is 5.10 Å². The Hall–Kier alpha value is -1.42. The Morgan fingerprint density at radius 2 is 2.12 bits per heavy atom. The molecule has 0 aliphatic heterocycles. The molecule has 26 heavy (non-hydrogen) atoms. The third kappa shape index (κ3) is 5.54. The average Bonchev–Trinajstić information content (AvgIpc) is 2.92. The van der Waals surface area contributed by atoms with Gasteiger partial charge in [0.1, 0.15) is 18.0 Å². The van der Waals surface area contributed by atoms with Gasteiger partial charge in [0.25, 0.3) is 0 Å². The molecule has 0 spiro atoms. The molecule has 6 nitrogen and oxygen atoms in total. The minimum atomic E-state index is -0.336. The first-order valence-corrected chi connectivity index (χ1v) is 8.32. The zero-order valence-electron chi connectivity index (χ0n) is 15.6. The van der Waals surface area contributed by atoms with E-state index in [1.54, 1.807) is 17.8 Å². The third-order valence-corrected chi connectivity index (χ3v) is 4.42. The summed E-state index contributed by atoms with van der Waals surface area (Å²) in [5.41, 5.74) is 0.585. The van der Waals surface area contributed by atoms with E-state index in [1.165, 1.54) is 18.5 Å². The van der Waals surface area contributed by atoms with Crippen molar-refractivity contribution in [2.45, 2.75) is 25.8 Å². The van der Waals surface area contributed by atoms with Crippen LogP contribution >= 0.6 is 35.6 Å². The predicted octanol–water partition coefficient (Wildman–Crippen LogP) is 3.21. The lowest BCUT2D eigenvalue weighted by Crippen LogP contribution is -2.44. The molecule has 0 aliphatic rings. The van der Waals surface area contributed by atoms with E-state index in [0.29, 0.717) is 18.1 Å². The number of aryl methyl sites for hydroxylation is 1. The molecule has 144 valence electrons. The quantitative estimate of drug-likeness (QED) is 0.394. The molecular formula is C17H25ClFIN6. The van der Waals surface area contributed by atoms with Crippen LogP contribution in [0.3, 0.4) is 0 Å². The van der Waals surface area contributed by atoms with Gasteiger partial charge in [-0.05, 0) is 17.7 Å². The Labute approximate surface area is 175 Å². The van der Waals surface area contributed by atoms with E-state index >= 15 is 0 Å². The van der Waals surface area contributed by atoms with Crippen molar-refractivity contribution in [2.75, 3.05) is 20.6 Å². The largest absolute Gasteiger partial charge is 0.355 e. The van der Waals surface area contributed by atoms with Crippen LogP contribution in [0, 0.1) is 5.82 Å². The molecule has 9 heteroatoms. The third-order valence-electron chi connectivity index (χ3n) is 4.11. The summed E-state index contributed by atoms with van der Waals surface area (Å²) in [7, 11) is 5.52. The van der Waals surface area contributed by atoms with Crippen LogP contribution in [0.2, 0.25) is 5.02 Å². The number of halogens is 3. The highest BCUT2D eigenvalue weighted by Gasteiger charge is 2.24. The van der Waals surface area contributed by atoms with Crippen LogP contribution in [0.25, 0.3) is 0 Å². The molecule has 1 heterocycles. The second-order valence-electron chi connectivity index (χ2n) is 6.56. The molecular weight excluding hydrogens is 470 g/mol. The highest BCUT2D eigenvalue weighted by molar-refractivity contribution is 14.0. The molecule has 0 aliphatic carbocycles. The lowest BCUT2D eigenvalue weighted by Gasteiger charge is -2.29. The molecule has 0 fully saturated rings. The summed E-state index contributed by atoms with van der Waals surface area (Å²) in [6.07, 6.45) is 1.53. The monoisotopic (exact) mass is 494 g/mol.